The van der Waals surface area contributed by atoms with Gasteiger partial charge in [-0.1, -0.05) is 0 Å². The summed E-state index contributed by atoms with van der Waals surface area (Å²) in [6.45, 7) is 0.347. The fraction of sp³-hybridized carbons (Fsp3) is 0.500. The second-order valence-electron chi connectivity index (χ2n) is 8.76. The molecule has 2 fully saturated rings. The molecule has 8 nitrogen and oxygen atoms in total. The maximum atomic E-state index is 14.9. The second-order valence-corrected chi connectivity index (χ2v) is 8.76. The number of hydrogen-bond donors (Lipinski definition) is 1. The normalized spacial score (nSPS) is 17.8. The van der Waals surface area contributed by atoms with Crippen LogP contribution in [0.2, 0.25) is 0 Å². The molecule has 1 aromatic heterocycles. The lowest BCUT2D eigenvalue weighted by Gasteiger charge is -2.31. The number of methoxy groups -OCH3 is 1. The SMILES string of the molecule is COc1ccc2nc(C(F)(F)F)nc(N3CCNC(=O)CCN(C(=O)C(F)=C4CCCC4)CC3)c2c1. The van der Waals surface area contributed by atoms with E-state index in [4.69, 9.17) is 4.74 Å². The van der Waals surface area contributed by atoms with Crippen molar-refractivity contribution in [2.45, 2.75) is 38.3 Å². The first kappa shape index (κ1) is 25.6. The molecule has 0 atom stereocenters. The van der Waals surface area contributed by atoms with Gasteiger partial charge in [0.2, 0.25) is 11.7 Å². The van der Waals surface area contributed by atoms with E-state index in [0.717, 1.165) is 12.8 Å². The molecule has 1 aliphatic carbocycles. The molecule has 194 valence electrons. The summed E-state index contributed by atoms with van der Waals surface area (Å²) in [7, 11) is 1.43. The van der Waals surface area contributed by atoms with Crippen molar-refractivity contribution >= 4 is 28.5 Å². The van der Waals surface area contributed by atoms with Crippen LogP contribution in [0.5, 0.6) is 5.75 Å². The van der Waals surface area contributed by atoms with E-state index in [-0.39, 0.29) is 56.4 Å². The Morgan fingerprint density at radius 1 is 1.06 bits per heavy atom. The van der Waals surface area contributed by atoms with E-state index in [1.54, 1.807) is 4.90 Å². The van der Waals surface area contributed by atoms with Gasteiger partial charge in [0.1, 0.15) is 11.6 Å². The number of halogens is 4. The molecule has 12 heteroatoms. The van der Waals surface area contributed by atoms with Crippen LogP contribution in [0, 0.1) is 0 Å². The quantitative estimate of drug-likeness (QED) is 0.503. The van der Waals surface area contributed by atoms with Gasteiger partial charge in [0.05, 0.1) is 12.6 Å². The number of amides is 2. The van der Waals surface area contributed by atoms with E-state index in [1.165, 1.54) is 30.2 Å². The van der Waals surface area contributed by atoms with Crippen LogP contribution in [0.15, 0.2) is 29.6 Å². The van der Waals surface area contributed by atoms with Gasteiger partial charge >= 0.3 is 6.18 Å². The molecular formula is C24H27F4N5O3. The van der Waals surface area contributed by atoms with Gasteiger partial charge in [0.25, 0.3) is 5.91 Å². The standard InChI is InChI=1S/C24H27F4N5O3/c1-36-16-6-7-18-17(14-16)21(31-23(30-18)24(26,27)28)32-11-9-29-19(34)8-10-33(13-12-32)22(35)20(25)15-4-2-3-5-15/h6-7,14H,2-5,8-13H2,1H3,(H,29,34). The number of nitrogens with one attached hydrogen (secondary N) is 1. The average Bonchev–Trinajstić information content (AvgIpc) is 3.40. The Morgan fingerprint density at radius 3 is 2.50 bits per heavy atom. The van der Waals surface area contributed by atoms with Gasteiger partial charge in [-0.25, -0.2) is 14.4 Å². The van der Waals surface area contributed by atoms with Crippen LogP contribution in [0.3, 0.4) is 0 Å². The summed E-state index contributed by atoms with van der Waals surface area (Å²) in [5.74, 6) is -2.85. The topological polar surface area (TPSA) is 87.7 Å². The van der Waals surface area contributed by atoms with Crippen LogP contribution in [-0.4, -0.2) is 66.5 Å². The van der Waals surface area contributed by atoms with Gasteiger partial charge in [-0.05, 0) is 49.5 Å². The molecule has 1 saturated heterocycles. The highest BCUT2D eigenvalue weighted by atomic mass is 19.4. The Bertz CT molecular complexity index is 1180. The number of carbonyl (C=O) groups is 2. The summed E-state index contributed by atoms with van der Waals surface area (Å²) < 4.78 is 60.9. The predicted octanol–water partition coefficient (Wildman–Crippen LogP) is 3.61. The molecule has 4 rings (SSSR count). The molecule has 1 saturated carbocycles. The molecule has 2 aliphatic rings. The zero-order valence-corrected chi connectivity index (χ0v) is 19.8. The van der Waals surface area contributed by atoms with Crippen molar-refractivity contribution in [2.24, 2.45) is 0 Å². The molecule has 0 unspecified atom stereocenters. The van der Waals surface area contributed by atoms with Crippen LogP contribution in [0.1, 0.15) is 37.9 Å². The third kappa shape index (κ3) is 5.68. The van der Waals surface area contributed by atoms with Crippen molar-refractivity contribution in [1.82, 2.24) is 20.2 Å². The summed E-state index contributed by atoms with van der Waals surface area (Å²) in [5, 5.41) is 3.02. The van der Waals surface area contributed by atoms with Crippen LogP contribution >= 0.6 is 0 Å². The van der Waals surface area contributed by atoms with Crippen molar-refractivity contribution in [3.8, 4) is 5.75 Å². The lowest BCUT2D eigenvalue weighted by Crippen LogP contribution is -2.45. The van der Waals surface area contributed by atoms with Gasteiger partial charge in [-0.2, -0.15) is 13.2 Å². The van der Waals surface area contributed by atoms with Gasteiger partial charge < -0.3 is 19.9 Å². The maximum absolute atomic E-state index is 14.9. The van der Waals surface area contributed by atoms with Crippen molar-refractivity contribution in [3.63, 3.8) is 0 Å². The first-order chi connectivity index (χ1) is 17.2. The summed E-state index contributed by atoms with van der Waals surface area (Å²) in [4.78, 5) is 35.5. The first-order valence-electron chi connectivity index (χ1n) is 11.8. The number of ether oxygens (including phenoxy) is 1. The summed E-state index contributed by atoms with van der Waals surface area (Å²) in [6.07, 6.45) is -2.11. The third-order valence-corrected chi connectivity index (χ3v) is 6.38. The molecule has 0 spiro atoms. The van der Waals surface area contributed by atoms with E-state index >= 15 is 0 Å². The molecule has 1 aromatic carbocycles. The highest BCUT2D eigenvalue weighted by Gasteiger charge is 2.36. The number of carbonyl (C=O) groups excluding carboxylic acids is 2. The van der Waals surface area contributed by atoms with Gasteiger partial charge in [-0.15, -0.1) is 0 Å². The molecule has 2 aromatic rings. The zero-order valence-electron chi connectivity index (χ0n) is 19.8. The minimum absolute atomic E-state index is 0.000210. The van der Waals surface area contributed by atoms with Gasteiger partial charge in [0, 0.05) is 44.5 Å². The summed E-state index contributed by atoms with van der Waals surface area (Å²) >= 11 is 0. The molecule has 0 bridgehead atoms. The predicted molar refractivity (Wildman–Crippen MR) is 124 cm³/mol. The molecule has 2 amide bonds. The van der Waals surface area contributed by atoms with E-state index in [2.05, 4.69) is 15.3 Å². The van der Waals surface area contributed by atoms with Crippen LogP contribution in [0.4, 0.5) is 23.4 Å². The monoisotopic (exact) mass is 509 g/mol. The number of aromatic nitrogens is 2. The van der Waals surface area contributed by atoms with Crippen LogP contribution < -0.4 is 15.0 Å². The Morgan fingerprint density at radius 2 is 1.81 bits per heavy atom. The molecule has 1 N–H and O–H groups in total. The minimum Gasteiger partial charge on any atom is -0.497 e. The molecular weight excluding hydrogens is 482 g/mol. The number of anilines is 1. The first-order valence-corrected chi connectivity index (χ1v) is 11.8. The van der Waals surface area contributed by atoms with Crippen molar-refractivity contribution in [1.29, 1.82) is 0 Å². The number of alkyl halides is 3. The largest absolute Gasteiger partial charge is 0.497 e. The molecule has 1 aliphatic heterocycles. The maximum Gasteiger partial charge on any atom is 0.451 e. The number of nitrogens with zero attached hydrogens (tertiary/aromatic N) is 4. The van der Waals surface area contributed by atoms with E-state index in [9.17, 15) is 27.2 Å². The Labute approximate surface area is 205 Å². The van der Waals surface area contributed by atoms with Crippen LogP contribution in [0.25, 0.3) is 10.9 Å². The van der Waals surface area contributed by atoms with Crippen LogP contribution in [-0.2, 0) is 15.8 Å². The van der Waals surface area contributed by atoms with Crippen molar-refractivity contribution in [2.75, 3.05) is 44.7 Å². The number of benzene rings is 1. The fourth-order valence-corrected chi connectivity index (χ4v) is 4.43. The lowest BCUT2D eigenvalue weighted by atomic mass is 10.1. The lowest BCUT2D eigenvalue weighted by molar-refractivity contribution is -0.144. The van der Waals surface area contributed by atoms with Crippen molar-refractivity contribution in [3.05, 3.63) is 35.4 Å². The van der Waals surface area contributed by atoms with Crippen molar-refractivity contribution < 1.29 is 31.9 Å². The minimum atomic E-state index is -4.78. The zero-order chi connectivity index (χ0) is 25.9. The number of hydrogen-bond acceptors (Lipinski definition) is 6. The number of allylic oxidation sites excluding steroid dienone is 1. The van der Waals surface area contributed by atoms with Gasteiger partial charge in [0.15, 0.2) is 5.83 Å². The molecule has 36 heavy (non-hydrogen) atoms. The van der Waals surface area contributed by atoms with E-state index in [1.807, 2.05) is 0 Å². The van der Waals surface area contributed by atoms with Gasteiger partial charge in [-0.3, -0.25) is 9.59 Å². The Hall–Kier alpha value is -3.44. The third-order valence-electron chi connectivity index (χ3n) is 6.38. The smallest absolute Gasteiger partial charge is 0.451 e. The summed E-state index contributed by atoms with van der Waals surface area (Å²) in [6, 6.07) is 4.45. The van der Waals surface area contributed by atoms with E-state index < -0.39 is 23.7 Å². The number of rotatable bonds is 3. The highest BCUT2D eigenvalue weighted by Crippen LogP contribution is 2.33. The second kappa shape index (κ2) is 10.7. The molecule has 2 heterocycles. The molecule has 0 radical (unpaired) electrons. The number of fused-ring (bicyclic) bond motifs is 1. The van der Waals surface area contributed by atoms with E-state index in [0.29, 0.717) is 29.6 Å². The Kier molecular flexibility index (Phi) is 7.60. The highest BCUT2D eigenvalue weighted by molar-refractivity contribution is 5.93. The summed E-state index contributed by atoms with van der Waals surface area (Å²) in [5.41, 5.74) is 0.543. The average molecular weight is 510 g/mol. The Balaban J connectivity index is 1.71. The fourth-order valence-electron chi connectivity index (χ4n) is 4.43.